The molecular weight excluding hydrogens is 692 g/mol. The van der Waals surface area contributed by atoms with Gasteiger partial charge in [0, 0.05) is 53.5 Å². The SMILES string of the molecule is CCC1(C)CC2(NC(=O)N(CCC(CCCC(=O)O)(CCN3C(=O)NC4(CC(C)(CC)N(C)C(C)(CC)C4C)C3=O)C(=O)O)C2=O)C(C)C(C)(CC)N1C. The van der Waals surface area contributed by atoms with E-state index < -0.39 is 62.6 Å². The second-order valence-corrected chi connectivity index (χ2v) is 18.1. The summed E-state index contributed by atoms with van der Waals surface area (Å²) in [6.45, 7) is 20.3. The lowest BCUT2D eigenvalue weighted by atomic mass is 9.60. The van der Waals surface area contributed by atoms with Gasteiger partial charge in [-0.3, -0.25) is 38.8 Å². The van der Waals surface area contributed by atoms with E-state index in [9.17, 15) is 39.0 Å². The number of amides is 6. The van der Waals surface area contributed by atoms with Crippen LogP contribution in [-0.2, 0) is 19.2 Å². The number of aliphatic carboxylic acids is 2. The van der Waals surface area contributed by atoms with Crippen LogP contribution in [0.25, 0.3) is 0 Å². The van der Waals surface area contributed by atoms with Crippen LogP contribution in [0.3, 0.4) is 0 Å². The second kappa shape index (κ2) is 14.7. The van der Waals surface area contributed by atoms with Crippen LogP contribution in [0, 0.1) is 17.3 Å². The van der Waals surface area contributed by atoms with Crippen molar-refractivity contribution < 1.29 is 39.0 Å². The minimum absolute atomic E-state index is 0.0238. The fourth-order valence-corrected chi connectivity index (χ4v) is 10.9. The Morgan fingerprint density at radius 3 is 1.35 bits per heavy atom. The third kappa shape index (κ3) is 6.40. The van der Waals surface area contributed by atoms with Gasteiger partial charge >= 0.3 is 24.0 Å². The lowest BCUT2D eigenvalue weighted by Crippen LogP contribution is -2.74. The maximum Gasteiger partial charge on any atom is 0.325 e. The zero-order valence-electron chi connectivity index (χ0n) is 35.0. The molecule has 8 unspecified atom stereocenters. The largest absolute Gasteiger partial charge is 0.481 e. The second-order valence-electron chi connectivity index (χ2n) is 18.1. The molecule has 4 fully saturated rings. The molecule has 4 saturated heterocycles. The molecular formula is C40H68N6O8. The highest BCUT2D eigenvalue weighted by Gasteiger charge is 2.67. The zero-order valence-corrected chi connectivity index (χ0v) is 35.0. The van der Waals surface area contributed by atoms with E-state index in [-0.39, 0.29) is 68.8 Å². The third-order valence-electron chi connectivity index (χ3n) is 16.3. The Morgan fingerprint density at radius 2 is 1.06 bits per heavy atom. The number of nitrogens with one attached hydrogen (secondary N) is 2. The molecule has 4 rings (SSSR count). The molecule has 0 aromatic carbocycles. The summed E-state index contributed by atoms with van der Waals surface area (Å²) in [5, 5.41) is 26.4. The van der Waals surface area contributed by atoms with E-state index in [4.69, 9.17) is 0 Å². The molecule has 14 nitrogen and oxygen atoms in total. The lowest BCUT2D eigenvalue weighted by molar-refractivity contribution is -0.155. The highest BCUT2D eigenvalue weighted by Crippen LogP contribution is 2.53. The first-order valence-electron chi connectivity index (χ1n) is 20.1. The lowest BCUT2D eigenvalue weighted by Gasteiger charge is -2.62. The average Bonchev–Trinajstić information content (AvgIpc) is 3.51. The Balaban J connectivity index is 1.64. The van der Waals surface area contributed by atoms with Crippen molar-refractivity contribution >= 4 is 35.8 Å². The molecule has 306 valence electrons. The topological polar surface area (TPSA) is 180 Å². The molecule has 4 aliphatic rings. The highest BCUT2D eigenvalue weighted by molar-refractivity contribution is 6.08. The maximum absolute atomic E-state index is 14.5. The van der Waals surface area contributed by atoms with Crippen molar-refractivity contribution in [2.75, 3.05) is 27.2 Å². The number of carbonyl (C=O) groups is 6. The van der Waals surface area contributed by atoms with Crippen molar-refractivity contribution in [3.63, 3.8) is 0 Å². The van der Waals surface area contributed by atoms with Crippen molar-refractivity contribution in [1.29, 1.82) is 0 Å². The van der Waals surface area contributed by atoms with Gasteiger partial charge in [-0.15, -0.1) is 0 Å². The number of piperidine rings is 2. The summed E-state index contributed by atoms with van der Waals surface area (Å²) in [5.74, 6) is -3.61. The van der Waals surface area contributed by atoms with Crippen molar-refractivity contribution in [3.05, 3.63) is 0 Å². The van der Waals surface area contributed by atoms with Crippen LogP contribution < -0.4 is 10.6 Å². The number of hydrogen-bond acceptors (Lipinski definition) is 8. The van der Waals surface area contributed by atoms with E-state index in [1.807, 2.05) is 13.8 Å². The molecule has 8 atom stereocenters. The monoisotopic (exact) mass is 761 g/mol. The van der Waals surface area contributed by atoms with E-state index in [0.717, 1.165) is 35.5 Å². The number of rotatable bonds is 15. The standard InChI is InChI=1S/C40H68N6O8/c1-13-34(7)24-39(26(5)36(9,15-3)43(34)11)29(49)45(32(53)41-39)22-20-38(31(51)52,19-17-18-28(47)48)21-23-46-30(50)40(42-33(46)54)25-35(8,14-2)44(12)37(10,16-4)27(40)6/h26-27H,13-25H2,1-12H3,(H,41,53)(H,42,54)(H,47,48)(H,51,52). The Hall–Kier alpha value is -3.26. The Morgan fingerprint density at radius 1 is 0.685 bits per heavy atom. The molecule has 6 amide bonds. The van der Waals surface area contributed by atoms with Crippen molar-refractivity contribution in [1.82, 2.24) is 30.2 Å². The van der Waals surface area contributed by atoms with E-state index in [0.29, 0.717) is 12.8 Å². The van der Waals surface area contributed by atoms with Gasteiger partial charge in [0.2, 0.25) is 0 Å². The minimum atomic E-state index is -1.63. The summed E-state index contributed by atoms with van der Waals surface area (Å²) in [6.07, 6.45) is 3.10. The van der Waals surface area contributed by atoms with Gasteiger partial charge in [-0.2, -0.15) is 0 Å². The predicted octanol–water partition coefficient (Wildman–Crippen LogP) is 5.29. The Kier molecular flexibility index (Phi) is 11.8. The molecule has 0 aromatic heterocycles. The van der Waals surface area contributed by atoms with E-state index in [2.05, 4.69) is 89.9 Å². The van der Waals surface area contributed by atoms with Crippen LogP contribution in [0.1, 0.15) is 140 Å². The number of urea groups is 2. The van der Waals surface area contributed by atoms with Gasteiger partial charge in [0.25, 0.3) is 11.8 Å². The van der Waals surface area contributed by atoms with Crippen molar-refractivity contribution in [2.24, 2.45) is 17.3 Å². The van der Waals surface area contributed by atoms with Gasteiger partial charge in [0.1, 0.15) is 11.1 Å². The van der Waals surface area contributed by atoms with Gasteiger partial charge in [0.05, 0.1) is 5.41 Å². The van der Waals surface area contributed by atoms with Crippen LogP contribution in [-0.4, -0.2) is 126 Å². The van der Waals surface area contributed by atoms with Crippen LogP contribution in [0.4, 0.5) is 9.59 Å². The molecule has 4 aliphatic heterocycles. The van der Waals surface area contributed by atoms with Crippen molar-refractivity contribution in [2.45, 2.75) is 173 Å². The first kappa shape index (κ1) is 43.5. The highest BCUT2D eigenvalue weighted by atomic mass is 16.4. The van der Waals surface area contributed by atoms with Gasteiger partial charge < -0.3 is 20.8 Å². The van der Waals surface area contributed by atoms with Gasteiger partial charge in [-0.1, -0.05) is 41.5 Å². The van der Waals surface area contributed by atoms with E-state index in [1.165, 1.54) is 0 Å². The smallest absolute Gasteiger partial charge is 0.325 e. The molecule has 0 saturated carbocycles. The Bertz CT molecular complexity index is 1450. The Labute approximate surface area is 322 Å². The summed E-state index contributed by atoms with van der Waals surface area (Å²) in [6, 6.07) is -1.16. The number of hydrogen-bond donors (Lipinski definition) is 4. The molecule has 0 bridgehead atoms. The quantitative estimate of drug-likeness (QED) is 0.160. The van der Waals surface area contributed by atoms with Crippen LogP contribution in [0.5, 0.6) is 0 Å². The van der Waals surface area contributed by atoms with Gasteiger partial charge in [-0.25, -0.2) is 9.59 Å². The normalized spacial score (nSPS) is 38.7. The minimum Gasteiger partial charge on any atom is -0.481 e. The summed E-state index contributed by atoms with van der Waals surface area (Å²) < 4.78 is 0. The molecule has 54 heavy (non-hydrogen) atoms. The number of nitrogens with zero attached hydrogens (tertiary/aromatic N) is 4. The van der Waals surface area contributed by atoms with Crippen LogP contribution in [0.15, 0.2) is 0 Å². The summed E-state index contributed by atoms with van der Waals surface area (Å²) in [4.78, 5) is 88.4. The summed E-state index contributed by atoms with van der Waals surface area (Å²) in [5.41, 5.74) is -5.64. The number of carboxylic acids is 2. The molecule has 0 aliphatic carbocycles. The first-order valence-corrected chi connectivity index (χ1v) is 20.1. The molecule has 0 aromatic rings. The number of carbonyl (C=O) groups excluding carboxylic acids is 4. The maximum atomic E-state index is 14.5. The molecule has 14 heteroatoms. The fourth-order valence-electron chi connectivity index (χ4n) is 10.9. The zero-order chi connectivity index (χ0) is 41.0. The molecule has 2 spiro atoms. The van der Waals surface area contributed by atoms with E-state index >= 15 is 0 Å². The number of carboxylic acid groups (broad SMARTS) is 2. The van der Waals surface area contributed by atoms with E-state index in [1.54, 1.807) is 0 Å². The van der Waals surface area contributed by atoms with Crippen LogP contribution in [0.2, 0.25) is 0 Å². The predicted molar refractivity (Wildman–Crippen MR) is 205 cm³/mol. The summed E-state index contributed by atoms with van der Waals surface area (Å²) in [7, 11) is 4.14. The van der Waals surface area contributed by atoms with Gasteiger partial charge in [0.15, 0.2) is 0 Å². The third-order valence-corrected chi connectivity index (χ3v) is 16.3. The molecule has 4 heterocycles. The van der Waals surface area contributed by atoms with Crippen LogP contribution >= 0.6 is 0 Å². The number of imide groups is 2. The van der Waals surface area contributed by atoms with Gasteiger partial charge in [-0.05, 0) is 106 Å². The summed E-state index contributed by atoms with van der Waals surface area (Å²) >= 11 is 0. The average molecular weight is 761 g/mol. The molecule has 4 N–H and O–H groups in total. The fraction of sp³-hybridized carbons (Fsp3) is 0.850. The first-order chi connectivity index (χ1) is 24.9. The molecule has 0 radical (unpaired) electrons. The number of likely N-dealkylation sites (tertiary alicyclic amines) is 2. The van der Waals surface area contributed by atoms with Crippen molar-refractivity contribution in [3.8, 4) is 0 Å².